The summed E-state index contributed by atoms with van der Waals surface area (Å²) in [5.41, 5.74) is 2.65. The third-order valence-corrected chi connectivity index (χ3v) is 7.83. The molecule has 0 bridgehead atoms. The summed E-state index contributed by atoms with van der Waals surface area (Å²) in [5, 5.41) is 13.6. The molecule has 4 rings (SSSR count). The quantitative estimate of drug-likeness (QED) is 0.440. The lowest BCUT2D eigenvalue weighted by Gasteiger charge is -2.20. The number of hydrazone groups is 1. The minimum absolute atomic E-state index is 0.0300. The van der Waals surface area contributed by atoms with Gasteiger partial charge in [0.05, 0.1) is 10.6 Å². The first-order chi connectivity index (χ1) is 16.5. The summed E-state index contributed by atoms with van der Waals surface area (Å²) in [5.74, 6) is 0.309. The Kier molecular flexibility index (Phi) is 7.02. The summed E-state index contributed by atoms with van der Waals surface area (Å²) in [6, 6.07) is 10.9. The average molecular weight is 533 g/mol. The molecule has 0 fully saturated rings. The number of carbonyl (C=O) groups is 1. The second kappa shape index (κ2) is 9.84. The van der Waals surface area contributed by atoms with Crippen molar-refractivity contribution in [3.8, 4) is 11.5 Å². The van der Waals surface area contributed by atoms with Gasteiger partial charge in [-0.1, -0.05) is 29.8 Å². The summed E-state index contributed by atoms with van der Waals surface area (Å²) in [7, 11) is -3.60. The van der Waals surface area contributed by atoms with Crippen molar-refractivity contribution in [2.45, 2.75) is 13.8 Å². The van der Waals surface area contributed by atoms with Crippen LogP contribution in [0, 0.1) is 19.3 Å². The molecule has 0 saturated carbocycles. The van der Waals surface area contributed by atoms with E-state index in [0.29, 0.717) is 22.9 Å². The Bertz CT molecular complexity index is 1430. The molecule has 0 atom stereocenters. The van der Waals surface area contributed by atoms with Crippen molar-refractivity contribution in [3.63, 3.8) is 0 Å². The van der Waals surface area contributed by atoms with Gasteiger partial charge in [-0.25, -0.2) is 8.42 Å². The predicted octanol–water partition coefficient (Wildman–Crippen LogP) is 4.04. The molecular weight excluding hydrogens is 512 g/mol. The monoisotopic (exact) mass is 532 g/mol. The Labute approximate surface area is 211 Å². The highest BCUT2D eigenvalue weighted by Crippen LogP contribution is 2.31. The van der Waals surface area contributed by atoms with E-state index in [4.69, 9.17) is 26.5 Å². The number of amides is 1. The highest BCUT2D eigenvalue weighted by atomic mass is 35.5. The topological polar surface area (TPSA) is 121 Å². The number of carbonyl (C=O) groups excluding carboxylic acids is 1. The molecule has 0 radical (unpaired) electrons. The number of aryl methyl sites for hydroxylation is 2. The Morgan fingerprint density at radius 2 is 1.83 bits per heavy atom. The largest absolute Gasteiger partial charge is 0.490 e. The molecule has 2 aliphatic rings. The van der Waals surface area contributed by atoms with E-state index in [1.807, 2.05) is 32.0 Å². The maximum Gasteiger partial charge on any atom is 0.283 e. The number of nitrogens with one attached hydrogen (secondary N) is 1. The minimum Gasteiger partial charge on any atom is -0.490 e. The second-order valence-electron chi connectivity index (χ2n) is 7.81. The van der Waals surface area contributed by atoms with Gasteiger partial charge < -0.3 is 9.47 Å². The van der Waals surface area contributed by atoms with Crippen LogP contribution in [0.4, 0.5) is 0 Å². The molecule has 182 valence electrons. The predicted molar refractivity (Wildman–Crippen MR) is 138 cm³/mol. The molecular formula is C23H21ClN4O5S2. The number of thioether (sulfide) groups is 1. The fourth-order valence-electron chi connectivity index (χ4n) is 3.18. The van der Waals surface area contributed by atoms with Gasteiger partial charge in [0, 0.05) is 6.26 Å². The van der Waals surface area contributed by atoms with Crippen molar-refractivity contribution in [2.24, 2.45) is 10.1 Å². The number of hydrogen-bond acceptors (Lipinski definition) is 8. The molecule has 2 aromatic carbocycles. The zero-order valence-corrected chi connectivity index (χ0v) is 21.4. The van der Waals surface area contributed by atoms with Gasteiger partial charge in [-0.05, 0) is 66.6 Å². The fourth-order valence-corrected chi connectivity index (χ4v) is 5.11. The van der Waals surface area contributed by atoms with Crippen molar-refractivity contribution >= 4 is 60.6 Å². The van der Waals surface area contributed by atoms with Crippen LogP contribution in [0.3, 0.4) is 0 Å². The molecule has 0 spiro atoms. The van der Waals surface area contributed by atoms with E-state index in [9.17, 15) is 13.2 Å². The summed E-state index contributed by atoms with van der Waals surface area (Å²) >= 11 is 7.09. The van der Waals surface area contributed by atoms with Crippen LogP contribution in [-0.2, 0) is 14.6 Å². The maximum absolute atomic E-state index is 12.5. The van der Waals surface area contributed by atoms with Crippen LogP contribution < -0.4 is 9.47 Å². The zero-order chi connectivity index (χ0) is 25.3. The third kappa shape index (κ3) is 5.58. The average Bonchev–Trinajstić information content (AvgIpc) is 3.22. The molecule has 9 nitrogen and oxygen atoms in total. The maximum atomic E-state index is 12.5. The van der Waals surface area contributed by atoms with Crippen LogP contribution in [-0.4, -0.2) is 54.2 Å². The van der Waals surface area contributed by atoms with Crippen molar-refractivity contribution < 1.29 is 22.7 Å². The highest BCUT2D eigenvalue weighted by Gasteiger charge is 2.38. The summed E-state index contributed by atoms with van der Waals surface area (Å²) < 4.78 is 34.8. The number of ether oxygens (including phenoxy) is 2. The first-order valence-electron chi connectivity index (χ1n) is 10.4. The van der Waals surface area contributed by atoms with Gasteiger partial charge in [0.15, 0.2) is 5.84 Å². The number of nitrogens with zero attached hydrogens (tertiary/aromatic N) is 3. The van der Waals surface area contributed by atoms with E-state index in [0.717, 1.165) is 39.9 Å². The highest BCUT2D eigenvalue weighted by molar-refractivity contribution is 8.42. The molecule has 2 aliphatic heterocycles. The van der Waals surface area contributed by atoms with E-state index in [1.165, 1.54) is 6.08 Å². The number of hydrogen-bond donors (Lipinski definition) is 1. The number of fused-ring (bicyclic) bond motifs is 1. The Balaban J connectivity index is 1.43. The van der Waals surface area contributed by atoms with E-state index in [-0.39, 0.29) is 27.6 Å². The van der Waals surface area contributed by atoms with E-state index >= 15 is 0 Å². The number of benzene rings is 2. The molecule has 0 unspecified atom stereocenters. The van der Waals surface area contributed by atoms with Crippen LogP contribution in [0.5, 0.6) is 11.5 Å². The van der Waals surface area contributed by atoms with Gasteiger partial charge in [0.2, 0.25) is 19.4 Å². The van der Waals surface area contributed by atoms with Gasteiger partial charge in [-0.3, -0.25) is 10.2 Å². The lowest BCUT2D eigenvalue weighted by molar-refractivity contribution is -0.114. The lowest BCUT2D eigenvalue weighted by atomic mass is 10.1. The minimum atomic E-state index is -3.60. The molecule has 35 heavy (non-hydrogen) atoms. The van der Waals surface area contributed by atoms with E-state index < -0.39 is 15.7 Å². The van der Waals surface area contributed by atoms with Gasteiger partial charge in [-0.2, -0.15) is 10.0 Å². The van der Waals surface area contributed by atoms with Crippen LogP contribution in [0.15, 0.2) is 52.1 Å². The van der Waals surface area contributed by atoms with Crippen LogP contribution >= 0.6 is 23.4 Å². The Morgan fingerprint density at radius 3 is 2.51 bits per heavy atom. The number of rotatable bonds is 6. The zero-order valence-electron chi connectivity index (χ0n) is 19.0. The van der Waals surface area contributed by atoms with Gasteiger partial charge >= 0.3 is 0 Å². The van der Waals surface area contributed by atoms with Crippen LogP contribution in [0.2, 0.25) is 5.02 Å². The fraction of sp³-hybridized carbons (Fsp3) is 0.217. The number of halogens is 1. The first kappa shape index (κ1) is 25.0. The molecule has 0 aromatic heterocycles. The first-order valence-corrected chi connectivity index (χ1v) is 13.4. The smallest absolute Gasteiger partial charge is 0.283 e. The normalized spacial score (nSPS) is 16.8. The van der Waals surface area contributed by atoms with Gasteiger partial charge in [0.25, 0.3) is 5.91 Å². The van der Waals surface area contributed by atoms with Crippen molar-refractivity contribution in [3.05, 3.63) is 63.7 Å². The van der Waals surface area contributed by atoms with Crippen LogP contribution in [0.1, 0.15) is 16.7 Å². The Hall–Kier alpha value is -3.15. The molecule has 2 heterocycles. The van der Waals surface area contributed by atoms with Crippen molar-refractivity contribution in [1.82, 2.24) is 5.01 Å². The molecule has 0 saturated heterocycles. The van der Waals surface area contributed by atoms with E-state index in [1.54, 1.807) is 18.2 Å². The summed E-state index contributed by atoms with van der Waals surface area (Å²) in [6.45, 7) is 4.59. The summed E-state index contributed by atoms with van der Waals surface area (Å²) in [6.07, 6.45) is 2.45. The molecule has 2 aromatic rings. The van der Waals surface area contributed by atoms with Gasteiger partial charge in [-0.15, -0.1) is 5.10 Å². The molecule has 1 N–H and O–H groups in total. The van der Waals surface area contributed by atoms with Crippen molar-refractivity contribution in [2.75, 3.05) is 19.5 Å². The molecule has 0 aliphatic carbocycles. The number of aliphatic imine (C=N–C) groups is 1. The SMILES string of the molecule is Cc1ccc(C)c(OCCOc2ccc(/C=C3/C(=N)N4N=C(S(C)(=O)=O)SC4=NC3=O)cc2Cl)c1. The third-order valence-electron chi connectivity index (χ3n) is 4.96. The Morgan fingerprint density at radius 1 is 1.11 bits per heavy atom. The van der Waals surface area contributed by atoms with Crippen LogP contribution in [0.25, 0.3) is 6.08 Å². The number of amidine groups is 2. The summed E-state index contributed by atoms with van der Waals surface area (Å²) in [4.78, 5) is 16.4. The lowest BCUT2D eigenvalue weighted by Crippen LogP contribution is -2.35. The van der Waals surface area contributed by atoms with E-state index in [2.05, 4.69) is 10.1 Å². The molecule has 12 heteroatoms. The number of sulfone groups is 1. The van der Waals surface area contributed by atoms with Gasteiger partial charge in [0.1, 0.15) is 24.7 Å². The molecule has 1 amide bonds. The standard InChI is InChI=1S/C23H21ClN4O5S2/c1-13-4-5-14(2)19(10-13)33-9-8-32-18-7-6-15(12-17(18)24)11-16-20(25)28-22(26-21(16)29)34-23(27-28)35(3,30)31/h4-7,10-12,25H,8-9H2,1-3H3/b16-11-,25-20?. The van der Waals surface area contributed by atoms with Crippen molar-refractivity contribution in [1.29, 1.82) is 5.41 Å². The second-order valence-corrected chi connectivity index (χ2v) is 11.4.